The first-order valence-electron chi connectivity index (χ1n) is 18.8. The van der Waals surface area contributed by atoms with Crippen LogP contribution in [0.15, 0.2) is 89.3 Å². The number of nitrogen functional groups attached to an aromatic ring is 1. The molecule has 0 saturated heterocycles. The minimum absolute atomic E-state index is 0.0113. The van der Waals surface area contributed by atoms with E-state index in [4.69, 9.17) is 12.3 Å². The summed E-state index contributed by atoms with van der Waals surface area (Å²) in [5.74, 6) is 0.0113. The van der Waals surface area contributed by atoms with E-state index in [-0.39, 0.29) is 11.5 Å². The van der Waals surface area contributed by atoms with Gasteiger partial charge in [0, 0.05) is 132 Å². The predicted octanol–water partition coefficient (Wildman–Crippen LogP) is 7.81. The zero-order valence-corrected chi connectivity index (χ0v) is 35.0. The number of hydrogen-bond acceptors (Lipinski definition) is 8. The van der Waals surface area contributed by atoms with Crippen LogP contribution in [-0.4, -0.2) is 100.0 Å². The SMILES string of the molecule is [C-]#[N+]/C(C#N)=C1\C(=C2c3cccc(N(C)C)c3C(=[N+](C)C)c3c2cccc3N(C)C)C(O)=C1c1c2cccc(N(C)C)c2c(N(C)C)c2c(N(C)C)ccc(N)c12. The lowest BCUT2D eigenvalue weighted by molar-refractivity contribution is -0.463. The van der Waals surface area contributed by atoms with Gasteiger partial charge in [0.25, 0.3) is 5.70 Å². The molecular formula is C47H50N9O+. The number of aliphatic hydroxyl groups is 1. The van der Waals surface area contributed by atoms with Crippen LogP contribution in [0, 0.1) is 17.9 Å². The number of allylic oxidation sites excluding steroid dienone is 3. The average Bonchev–Trinajstić information content (AvgIpc) is 3.16. The van der Waals surface area contributed by atoms with Crippen LogP contribution in [0.1, 0.15) is 27.8 Å². The fourth-order valence-corrected chi connectivity index (χ4v) is 8.84. The van der Waals surface area contributed by atoms with Crippen molar-refractivity contribution >= 4 is 72.5 Å². The molecule has 0 unspecified atom stereocenters. The van der Waals surface area contributed by atoms with Gasteiger partial charge in [0.1, 0.15) is 19.9 Å². The van der Waals surface area contributed by atoms with Crippen LogP contribution in [0.2, 0.25) is 0 Å². The smallest absolute Gasteiger partial charge is 0.270 e. The van der Waals surface area contributed by atoms with E-state index in [1.54, 1.807) is 0 Å². The predicted molar refractivity (Wildman–Crippen MR) is 241 cm³/mol. The highest BCUT2D eigenvalue weighted by Crippen LogP contribution is 2.59. The van der Waals surface area contributed by atoms with Crippen LogP contribution in [-0.2, 0) is 0 Å². The summed E-state index contributed by atoms with van der Waals surface area (Å²) >= 11 is 0. The molecule has 10 nitrogen and oxygen atoms in total. The zero-order chi connectivity index (χ0) is 41.4. The number of anilines is 6. The van der Waals surface area contributed by atoms with Crippen LogP contribution >= 0.6 is 0 Å². The number of nitrogens with two attached hydrogens (primary N) is 1. The quantitative estimate of drug-likeness (QED) is 0.0585. The molecule has 0 aromatic heterocycles. The maximum atomic E-state index is 13.0. The summed E-state index contributed by atoms with van der Waals surface area (Å²) in [5, 5.41) is 27.2. The Hall–Kier alpha value is -6.91. The number of rotatable bonds is 6. The molecule has 288 valence electrons. The molecule has 0 spiro atoms. The Morgan fingerprint density at radius 1 is 0.632 bits per heavy atom. The standard InChI is InChI=1S/C47H49N9O/c1-50-30(25-48)41-43(35-26-17-14-20-31(51(2)3)36(26)45(55(10)11)37-27(35)18-15-21-32(37)52(4)5)47(57)44(41)39-28-19-16-22-33(53(6)7)38(28)46(56(12)13)42-34(54(8)9)24-23-29(49)40(39)42/h14-24H,49H2,2-13H3/p+1/b41-30+. The van der Waals surface area contributed by atoms with Crippen LogP contribution in [0.25, 0.3) is 37.5 Å². The Balaban J connectivity index is 1.79. The molecule has 0 radical (unpaired) electrons. The monoisotopic (exact) mass is 756 g/mol. The molecule has 0 fully saturated rings. The topological polar surface area (TPSA) is 93.6 Å². The van der Waals surface area contributed by atoms with E-state index in [0.717, 1.165) is 83.5 Å². The molecule has 5 aromatic rings. The molecule has 10 heteroatoms. The van der Waals surface area contributed by atoms with Gasteiger partial charge in [0.2, 0.25) is 5.71 Å². The molecule has 2 aliphatic carbocycles. The number of nitriles is 1. The van der Waals surface area contributed by atoms with Crippen LogP contribution in [0.4, 0.5) is 34.1 Å². The van der Waals surface area contributed by atoms with Crippen molar-refractivity contribution in [1.29, 1.82) is 5.26 Å². The lowest BCUT2D eigenvalue weighted by Gasteiger charge is -2.36. The van der Waals surface area contributed by atoms with E-state index >= 15 is 0 Å². The van der Waals surface area contributed by atoms with Gasteiger partial charge in [0.05, 0.1) is 40.8 Å². The first-order chi connectivity index (χ1) is 27.1. The zero-order valence-electron chi connectivity index (χ0n) is 35.0. The molecule has 0 amide bonds. The van der Waals surface area contributed by atoms with E-state index in [9.17, 15) is 10.4 Å². The number of benzene rings is 5. The highest BCUT2D eigenvalue weighted by atomic mass is 16.3. The molecule has 57 heavy (non-hydrogen) atoms. The lowest BCUT2D eigenvalue weighted by atomic mass is 9.68. The van der Waals surface area contributed by atoms with Crippen molar-refractivity contribution < 1.29 is 9.68 Å². The summed E-state index contributed by atoms with van der Waals surface area (Å²) in [7, 11) is 24.3. The van der Waals surface area contributed by atoms with Crippen molar-refractivity contribution in [2.24, 2.45) is 0 Å². The fourth-order valence-electron chi connectivity index (χ4n) is 8.84. The number of hydrogen-bond donors (Lipinski definition) is 2. The van der Waals surface area contributed by atoms with Gasteiger partial charge in [0.15, 0.2) is 0 Å². The van der Waals surface area contributed by atoms with Crippen molar-refractivity contribution in [3.05, 3.63) is 129 Å². The molecule has 3 N–H and O–H groups in total. The third kappa shape index (κ3) is 5.55. The van der Waals surface area contributed by atoms with Gasteiger partial charge in [-0.2, -0.15) is 0 Å². The maximum Gasteiger partial charge on any atom is 0.270 e. The third-order valence-electron chi connectivity index (χ3n) is 11.1. The highest BCUT2D eigenvalue weighted by molar-refractivity contribution is 6.30. The Morgan fingerprint density at radius 2 is 1.14 bits per heavy atom. The van der Waals surface area contributed by atoms with E-state index in [1.807, 2.05) is 101 Å². The van der Waals surface area contributed by atoms with Gasteiger partial charge >= 0.3 is 0 Å². The van der Waals surface area contributed by atoms with Crippen molar-refractivity contribution in [1.82, 2.24) is 0 Å². The second kappa shape index (κ2) is 14.0. The largest absolute Gasteiger partial charge is 0.507 e. The summed E-state index contributed by atoms with van der Waals surface area (Å²) in [4.78, 5) is 14.3. The summed E-state index contributed by atoms with van der Waals surface area (Å²) in [6.07, 6.45) is 0. The van der Waals surface area contributed by atoms with Gasteiger partial charge in [-0.3, -0.25) is 0 Å². The van der Waals surface area contributed by atoms with Crippen LogP contribution in [0.5, 0.6) is 0 Å². The summed E-state index contributed by atoms with van der Waals surface area (Å²) < 4.78 is 2.15. The molecule has 2 aliphatic rings. The highest BCUT2D eigenvalue weighted by Gasteiger charge is 2.44. The van der Waals surface area contributed by atoms with Gasteiger partial charge in [-0.1, -0.05) is 36.4 Å². The fraction of sp³-hybridized carbons (Fsp3) is 0.255. The molecular weight excluding hydrogens is 707 g/mol. The minimum atomic E-state index is -0.104. The van der Waals surface area contributed by atoms with Gasteiger partial charge < -0.3 is 35.3 Å². The molecule has 0 bridgehead atoms. The van der Waals surface area contributed by atoms with E-state index in [0.29, 0.717) is 28.0 Å². The van der Waals surface area contributed by atoms with Crippen LogP contribution in [0.3, 0.4) is 0 Å². The number of nitrogens with zero attached hydrogens (tertiary/aromatic N) is 8. The van der Waals surface area contributed by atoms with E-state index < -0.39 is 0 Å². The van der Waals surface area contributed by atoms with Crippen molar-refractivity contribution in [2.45, 2.75) is 0 Å². The third-order valence-corrected chi connectivity index (χ3v) is 11.1. The Morgan fingerprint density at radius 3 is 1.61 bits per heavy atom. The molecule has 0 saturated carbocycles. The van der Waals surface area contributed by atoms with Gasteiger partial charge in [-0.15, -0.1) is 0 Å². The molecule has 5 aromatic carbocycles. The molecule has 7 rings (SSSR count). The van der Waals surface area contributed by atoms with Crippen molar-refractivity contribution in [3.8, 4) is 6.07 Å². The molecule has 0 aliphatic heterocycles. The molecule has 0 atom stereocenters. The van der Waals surface area contributed by atoms with Gasteiger partial charge in [-0.25, -0.2) is 14.7 Å². The second-order valence-corrected chi connectivity index (χ2v) is 15.9. The Bertz CT molecular complexity index is 2700. The minimum Gasteiger partial charge on any atom is -0.507 e. The first kappa shape index (κ1) is 38.4. The second-order valence-electron chi connectivity index (χ2n) is 15.9. The summed E-state index contributed by atoms with van der Waals surface area (Å²) in [6, 6.07) is 24.7. The normalized spacial score (nSPS) is 14.1. The van der Waals surface area contributed by atoms with Crippen molar-refractivity contribution in [2.75, 3.05) is 115 Å². The number of fused-ring (bicyclic) bond motifs is 4. The maximum absolute atomic E-state index is 13.0. The number of aliphatic hydroxyl groups excluding tert-OH is 1. The van der Waals surface area contributed by atoms with Gasteiger partial charge in [-0.05, 0) is 46.8 Å². The molecule has 0 heterocycles. The Kier molecular flexibility index (Phi) is 9.42. The van der Waals surface area contributed by atoms with E-state index in [1.165, 1.54) is 0 Å². The van der Waals surface area contributed by atoms with Crippen LogP contribution < -0.4 is 30.2 Å². The first-order valence-corrected chi connectivity index (χ1v) is 18.8. The van der Waals surface area contributed by atoms with Crippen molar-refractivity contribution in [3.63, 3.8) is 0 Å². The Labute approximate surface area is 336 Å². The average molecular weight is 757 g/mol. The van der Waals surface area contributed by atoms with E-state index in [2.05, 4.69) is 90.5 Å². The summed E-state index contributed by atoms with van der Waals surface area (Å²) in [5.41, 5.74) is 20.0. The summed E-state index contributed by atoms with van der Waals surface area (Å²) in [6.45, 7) is 8.40. The lowest BCUT2D eigenvalue weighted by Crippen LogP contribution is -2.30.